The number of hydrogen-bond donors (Lipinski definition) is 1. The fourth-order valence-corrected chi connectivity index (χ4v) is 3.51. The van der Waals surface area contributed by atoms with E-state index in [0.717, 1.165) is 5.69 Å². The van der Waals surface area contributed by atoms with E-state index >= 15 is 0 Å². The lowest BCUT2D eigenvalue weighted by molar-refractivity contribution is -0.384. The molecule has 3 rings (SSSR count). The van der Waals surface area contributed by atoms with Crippen LogP contribution < -0.4 is 10.2 Å². The summed E-state index contributed by atoms with van der Waals surface area (Å²) in [5.41, 5.74) is 1.44. The van der Waals surface area contributed by atoms with E-state index in [4.69, 9.17) is 0 Å². The number of hydrogen-bond acceptors (Lipinski definition) is 7. The van der Waals surface area contributed by atoms with Crippen molar-refractivity contribution in [1.29, 1.82) is 0 Å². The second-order valence-electron chi connectivity index (χ2n) is 7.50. The molecule has 0 radical (unpaired) electrons. The van der Waals surface area contributed by atoms with Gasteiger partial charge >= 0.3 is 0 Å². The topological polar surface area (TPSA) is 112 Å². The second kappa shape index (κ2) is 9.98. The van der Waals surface area contributed by atoms with Crippen LogP contribution in [-0.2, 0) is 9.59 Å². The van der Waals surface area contributed by atoms with E-state index in [1.54, 1.807) is 41.1 Å². The summed E-state index contributed by atoms with van der Waals surface area (Å²) >= 11 is 0. The van der Waals surface area contributed by atoms with E-state index in [0.29, 0.717) is 37.7 Å². The van der Waals surface area contributed by atoms with E-state index in [2.05, 4.69) is 10.3 Å². The van der Waals surface area contributed by atoms with Gasteiger partial charge in [-0.3, -0.25) is 24.6 Å². The van der Waals surface area contributed by atoms with Crippen LogP contribution in [0.1, 0.15) is 5.69 Å². The van der Waals surface area contributed by atoms with Gasteiger partial charge in [0.2, 0.25) is 11.8 Å². The van der Waals surface area contributed by atoms with Crippen molar-refractivity contribution in [2.24, 2.45) is 0 Å². The third-order valence-corrected chi connectivity index (χ3v) is 5.03. The number of anilines is 2. The van der Waals surface area contributed by atoms with Crippen LogP contribution >= 0.6 is 0 Å². The fourth-order valence-electron chi connectivity index (χ4n) is 3.51. The highest BCUT2D eigenvalue weighted by Crippen LogP contribution is 2.28. The van der Waals surface area contributed by atoms with E-state index in [1.807, 2.05) is 24.0 Å². The van der Waals surface area contributed by atoms with Gasteiger partial charge in [0, 0.05) is 37.9 Å². The number of aryl methyl sites for hydroxylation is 1. The molecule has 31 heavy (non-hydrogen) atoms. The number of carbonyl (C=O) groups is 2. The summed E-state index contributed by atoms with van der Waals surface area (Å²) in [6, 6.07) is 12.0. The average molecular weight is 426 g/mol. The smallest absolute Gasteiger partial charge is 0.292 e. The zero-order valence-electron chi connectivity index (χ0n) is 17.7. The number of rotatable bonds is 7. The highest BCUT2D eigenvalue weighted by atomic mass is 16.6. The highest BCUT2D eigenvalue weighted by Gasteiger charge is 2.26. The molecule has 10 nitrogen and oxygen atoms in total. The summed E-state index contributed by atoms with van der Waals surface area (Å²) in [5, 5.41) is 14.0. The minimum Gasteiger partial charge on any atom is -0.362 e. The zero-order valence-corrected chi connectivity index (χ0v) is 17.7. The Morgan fingerprint density at radius 2 is 1.81 bits per heavy atom. The van der Waals surface area contributed by atoms with Gasteiger partial charge in [0.15, 0.2) is 0 Å². The van der Waals surface area contributed by atoms with Crippen LogP contribution in [0.5, 0.6) is 0 Å². The molecule has 1 N–H and O–H groups in total. The van der Waals surface area contributed by atoms with E-state index in [1.165, 1.54) is 6.07 Å². The van der Waals surface area contributed by atoms with Gasteiger partial charge in [-0.1, -0.05) is 18.2 Å². The van der Waals surface area contributed by atoms with Crippen LogP contribution in [0.25, 0.3) is 0 Å². The molecule has 0 bridgehead atoms. The molecule has 1 fully saturated rings. The van der Waals surface area contributed by atoms with Crippen molar-refractivity contribution < 1.29 is 14.5 Å². The van der Waals surface area contributed by atoms with Gasteiger partial charge in [-0.15, -0.1) is 0 Å². The second-order valence-corrected chi connectivity index (χ2v) is 7.50. The first-order chi connectivity index (χ1) is 14.8. The van der Waals surface area contributed by atoms with Crippen molar-refractivity contribution in [1.82, 2.24) is 14.8 Å². The van der Waals surface area contributed by atoms with Gasteiger partial charge in [0.05, 0.1) is 18.0 Å². The van der Waals surface area contributed by atoms with Crippen molar-refractivity contribution in [3.8, 4) is 0 Å². The molecule has 1 aromatic carbocycles. The van der Waals surface area contributed by atoms with Crippen LogP contribution in [0.3, 0.4) is 0 Å². The first-order valence-corrected chi connectivity index (χ1v) is 10.0. The first-order valence-electron chi connectivity index (χ1n) is 10.0. The molecule has 0 atom stereocenters. The van der Waals surface area contributed by atoms with Crippen molar-refractivity contribution in [2.45, 2.75) is 6.92 Å². The lowest BCUT2D eigenvalue weighted by Gasteiger charge is -2.36. The number of likely N-dealkylation sites (N-methyl/N-ethyl adjacent to an activating group) is 1. The number of aromatic nitrogens is 1. The van der Waals surface area contributed by atoms with Crippen LogP contribution in [0, 0.1) is 17.0 Å². The van der Waals surface area contributed by atoms with Crippen molar-refractivity contribution >= 4 is 29.0 Å². The van der Waals surface area contributed by atoms with Crippen molar-refractivity contribution in [2.75, 3.05) is 56.5 Å². The number of benzene rings is 1. The SMILES string of the molecule is Cc1cccc(NC(=O)CN(C)CC(=O)N2CCN(c3ccccc3[N+](=O)[O-])CC2)n1. The Bertz CT molecular complexity index is 958. The lowest BCUT2D eigenvalue weighted by Crippen LogP contribution is -2.51. The molecule has 1 aliphatic heterocycles. The molecule has 1 aliphatic rings. The fraction of sp³-hybridized carbons (Fsp3) is 0.381. The Labute approximate surface area is 180 Å². The Morgan fingerprint density at radius 1 is 1.10 bits per heavy atom. The Hall–Kier alpha value is -3.53. The number of piperazine rings is 1. The molecule has 2 heterocycles. The summed E-state index contributed by atoms with van der Waals surface area (Å²) in [6.07, 6.45) is 0. The van der Waals surface area contributed by atoms with Crippen LogP contribution in [0.2, 0.25) is 0 Å². The molecule has 0 saturated carbocycles. The molecule has 1 aromatic heterocycles. The molecule has 0 unspecified atom stereocenters. The molecule has 164 valence electrons. The van der Waals surface area contributed by atoms with Gasteiger partial charge in [-0.2, -0.15) is 0 Å². The maximum absolute atomic E-state index is 12.6. The number of para-hydroxylation sites is 2. The molecule has 1 saturated heterocycles. The summed E-state index contributed by atoms with van der Waals surface area (Å²) in [7, 11) is 1.71. The summed E-state index contributed by atoms with van der Waals surface area (Å²) in [6.45, 7) is 3.99. The standard InChI is InChI=1S/C21H26N6O4/c1-16-6-5-9-19(22-16)23-20(28)14-24(2)15-21(29)26-12-10-25(11-13-26)17-7-3-4-8-18(17)27(30)31/h3-9H,10-15H2,1-2H3,(H,22,23,28). The van der Waals surface area contributed by atoms with E-state index in [-0.39, 0.29) is 35.5 Å². The number of nitro groups is 1. The largest absolute Gasteiger partial charge is 0.362 e. The maximum Gasteiger partial charge on any atom is 0.292 e. The van der Waals surface area contributed by atoms with Crippen LogP contribution in [0.15, 0.2) is 42.5 Å². The minimum absolute atomic E-state index is 0.0659. The zero-order chi connectivity index (χ0) is 22.4. The normalized spacial score (nSPS) is 13.9. The molecule has 2 amide bonds. The number of amides is 2. The maximum atomic E-state index is 12.6. The lowest BCUT2D eigenvalue weighted by atomic mass is 10.2. The molecule has 0 spiro atoms. The average Bonchev–Trinajstić information content (AvgIpc) is 2.73. The number of carbonyl (C=O) groups excluding carboxylic acids is 2. The molecule has 2 aromatic rings. The third kappa shape index (κ3) is 5.98. The van der Waals surface area contributed by atoms with Crippen molar-refractivity contribution in [3.63, 3.8) is 0 Å². The van der Waals surface area contributed by atoms with E-state index < -0.39 is 0 Å². The quantitative estimate of drug-likeness (QED) is 0.528. The predicted molar refractivity (Wildman–Crippen MR) is 117 cm³/mol. The highest BCUT2D eigenvalue weighted by molar-refractivity contribution is 5.91. The Balaban J connectivity index is 1.47. The first kappa shape index (κ1) is 22.2. The molecule has 10 heteroatoms. The van der Waals surface area contributed by atoms with Gasteiger partial charge < -0.3 is 15.1 Å². The van der Waals surface area contributed by atoms with Gasteiger partial charge in [0.1, 0.15) is 11.5 Å². The minimum atomic E-state index is -0.390. The number of pyridine rings is 1. The predicted octanol–water partition coefficient (Wildman–Crippen LogP) is 1.52. The van der Waals surface area contributed by atoms with Crippen LogP contribution in [-0.4, -0.2) is 77.8 Å². The summed E-state index contributed by atoms with van der Waals surface area (Å²) < 4.78 is 0. The monoisotopic (exact) mass is 426 g/mol. The van der Waals surface area contributed by atoms with Crippen molar-refractivity contribution in [3.05, 3.63) is 58.3 Å². The summed E-state index contributed by atoms with van der Waals surface area (Å²) in [4.78, 5) is 45.2. The van der Waals surface area contributed by atoms with Gasteiger partial charge in [-0.25, -0.2) is 4.98 Å². The van der Waals surface area contributed by atoms with Gasteiger partial charge in [-0.05, 0) is 32.2 Å². The number of nitro benzene ring substituents is 1. The Morgan fingerprint density at radius 3 is 2.48 bits per heavy atom. The van der Waals surface area contributed by atoms with Gasteiger partial charge in [0.25, 0.3) is 5.69 Å². The number of nitrogens with one attached hydrogen (secondary N) is 1. The molecular weight excluding hydrogens is 400 g/mol. The Kier molecular flexibility index (Phi) is 7.14. The van der Waals surface area contributed by atoms with Crippen LogP contribution in [0.4, 0.5) is 17.2 Å². The van der Waals surface area contributed by atoms with E-state index in [9.17, 15) is 19.7 Å². The number of nitrogens with zero attached hydrogens (tertiary/aromatic N) is 5. The molecular formula is C21H26N6O4. The molecule has 0 aliphatic carbocycles. The summed E-state index contributed by atoms with van der Waals surface area (Å²) in [5.74, 6) is 0.164. The third-order valence-electron chi connectivity index (χ3n) is 5.03.